The van der Waals surface area contributed by atoms with Crippen LogP contribution in [0.15, 0.2) is 27.0 Å². The fourth-order valence-corrected chi connectivity index (χ4v) is 1.78. The van der Waals surface area contributed by atoms with Crippen molar-refractivity contribution in [2.75, 3.05) is 12.5 Å². The first kappa shape index (κ1) is 14.2. The topological polar surface area (TPSA) is 177 Å². The van der Waals surface area contributed by atoms with Crippen molar-refractivity contribution in [1.29, 1.82) is 0 Å². The number of nitrogen functional groups attached to an aromatic ring is 1. The third-order valence-corrected chi connectivity index (χ3v) is 2.84. The molecule has 1 aliphatic heterocycles. The molecule has 0 spiro atoms. The average Bonchev–Trinajstić information content (AvgIpc) is 3.14. The van der Waals surface area contributed by atoms with Crippen molar-refractivity contribution in [3.8, 4) is 11.5 Å². The lowest BCUT2D eigenvalue weighted by Gasteiger charge is -1.99. The molecule has 0 bridgehead atoms. The number of hydrogen-bond acceptors (Lipinski definition) is 10. The van der Waals surface area contributed by atoms with Gasteiger partial charge in [0.1, 0.15) is 0 Å². The lowest BCUT2D eigenvalue weighted by molar-refractivity contribution is -0.385. The largest absolute Gasteiger partial charge is 0.454 e. The van der Waals surface area contributed by atoms with E-state index in [1.165, 1.54) is 12.1 Å². The average molecular weight is 319 g/mol. The summed E-state index contributed by atoms with van der Waals surface area (Å²) in [5.41, 5.74) is 11.0. The van der Waals surface area contributed by atoms with Crippen LogP contribution in [0.3, 0.4) is 0 Å². The van der Waals surface area contributed by atoms with Crippen LogP contribution in [0, 0.1) is 10.1 Å². The van der Waals surface area contributed by atoms with E-state index in [9.17, 15) is 10.1 Å². The van der Waals surface area contributed by atoms with E-state index in [4.69, 9.17) is 20.9 Å². The van der Waals surface area contributed by atoms with Crippen LogP contribution in [-0.2, 0) is 0 Å². The van der Waals surface area contributed by atoms with E-state index in [0.29, 0.717) is 11.5 Å². The number of nitro benzene ring substituents is 1. The minimum absolute atomic E-state index is 0.00335. The molecule has 0 saturated heterocycles. The van der Waals surface area contributed by atoms with Gasteiger partial charge in [-0.3, -0.25) is 10.1 Å². The summed E-state index contributed by atoms with van der Waals surface area (Å²) in [6, 6.07) is 2.66. The monoisotopic (exact) mass is 319 g/mol. The Morgan fingerprint density at radius 1 is 1.35 bits per heavy atom. The van der Waals surface area contributed by atoms with Gasteiger partial charge >= 0.3 is 0 Å². The SMILES string of the molecule is N/C(=N\N=C\c1cc2c(cc1[N+](=O)[O-])OCO2)c1nonc1N. The highest BCUT2D eigenvalue weighted by Crippen LogP contribution is 2.37. The summed E-state index contributed by atoms with van der Waals surface area (Å²) in [5.74, 6) is 0.469. The van der Waals surface area contributed by atoms with Gasteiger partial charge in [0.25, 0.3) is 5.69 Å². The van der Waals surface area contributed by atoms with Gasteiger partial charge in [-0.1, -0.05) is 0 Å². The van der Waals surface area contributed by atoms with Crippen LogP contribution >= 0.6 is 0 Å². The highest BCUT2D eigenvalue weighted by molar-refractivity contribution is 5.99. The summed E-state index contributed by atoms with van der Waals surface area (Å²) in [6.07, 6.45) is 1.15. The number of amidine groups is 1. The van der Waals surface area contributed by atoms with Crippen LogP contribution in [0.25, 0.3) is 0 Å². The van der Waals surface area contributed by atoms with Gasteiger partial charge in [-0.25, -0.2) is 4.63 Å². The number of anilines is 1. The molecular weight excluding hydrogens is 310 g/mol. The summed E-state index contributed by atoms with van der Waals surface area (Å²) in [6.45, 7) is -0.00335. The number of nitro groups is 1. The van der Waals surface area contributed by atoms with Crippen molar-refractivity contribution in [3.05, 3.63) is 33.5 Å². The molecule has 3 rings (SSSR count). The molecule has 12 heteroatoms. The predicted octanol–water partition coefficient (Wildman–Crippen LogP) is 0.0281. The fourth-order valence-electron chi connectivity index (χ4n) is 1.78. The maximum Gasteiger partial charge on any atom is 0.282 e. The second-order valence-corrected chi connectivity index (χ2v) is 4.25. The summed E-state index contributed by atoms with van der Waals surface area (Å²) in [4.78, 5) is 10.5. The standard InChI is InChI=1S/C11H9N7O5/c12-10(9-11(13)17-23-16-9)15-14-3-5-1-7-8(22-4-21-7)2-6(5)18(19)20/h1-3H,4H2,(H2,12,15)(H2,13,17)/b14-3+. The zero-order valence-electron chi connectivity index (χ0n) is 11.4. The van der Waals surface area contributed by atoms with Gasteiger partial charge in [-0.2, -0.15) is 5.10 Å². The van der Waals surface area contributed by atoms with E-state index < -0.39 is 4.92 Å². The summed E-state index contributed by atoms with van der Waals surface area (Å²) in [5, 5.41) is 25.2. The first-order chi connectivity index (χ1) is 11.1. The quantitative estimate of drug-likeness (QED) is 0.340. The van der Waals surface area contributed by atoms with Gasteiger partial charge in [0, 0.05) is 0 Å². The van der Waals surface area contributed by atoms with Gasteiger partial charge in [-0.05, 0) is 16.4 Å². The molecule has 0 unspecified atom stereocenters. The van der Waals surface area contributed by atoms with E-state index in [1.807, 2.05) is 0 Å². The number of fused-ring (bicyclic) bond motifs is 1. The van der Waals surface area contributed by atoms with Crippen LogP contribution in [0.2, 0.25) is 0 Å². The molecule has 2 aromatic rings. The van der Waals surface area contributed by atoms with Crippen molar-refractivity contribution in [2.45, 2.75) is 0 Å². The smallest absolute Gasteiger partial charge is 0.282 e. The first-order valence-corrected chi connectivity index (χ1v) is 6.09. The highest BCUT2D eigenvalue weighted by atomic mass is 16.7. The van der Waals surface area contributed by atoms with Crippen LogP contribution in [-0.4, -0.2) is 34.1 Å². The third-order valence-electron chi connectivity index (χ3n) is 2.84. The number of ether oxygens (including phenoxy) is 2. The second kappa shape index (κ2) is 5.59. The number of aromatic nitrogens is 2. The van der Waals surface area contributed by atoms with Crippen LogP contribution < -0.4 is 20.9 Å². The van der Waals surface area contributed by atoms with E-state index in [0.717, 1.165) is 6.21 Å². The Bertz CT molecular complexity index is 828. The zero-order valence-corrected chi connectivity index (χ0v) is 11.4. The molecule has 1 aliphatic rings. The molecule has 0 amide bonds. The molecule has 0 saturated carbocycles. The Kier molecular flexibility index (Phi) is 3.46. The van der Waals surface area contributed by atoms with Crippen molar-refractivity contribution < 1.29 is 19.0 Å². The Morgan fingerprint density at radius 3 is 2.74 bits per heavy atom. The normalized spacial score (nSPS) is 13.7. The minimum Gasteiger partial charge on any atom is -0.454 e. The van der Waals surface area contributed by atoms with Gasteiger partial charge < -0.3 is 20.9 Å². The molecule has 0 fully saturated rings. The summed E-state index contributed by atoms with van der Waals surface area (Å²) in [7, 11) is 0. The molecule has 4 N–H and O–H groups in total. The van der Waals surface area contributed by atoms with Gasteiger partial charge in [0.2, 0.25) is 6.79 Å². The Labute approximate surface area is 127 Å². The zero-order chi connectivity index (χ0) is 16.4. The molecule has 118 valence electrons. The number of nitrogens with two attached hydrogens (primary N) is 2. The van der Waals surface area contributed by atoms with Crippen molar-refractivity contribution >= 4 is 23.6 Å². The van der Waals surface area contributed by atoms with Crippen LogP contribution in [0.4, 0.5) is 11.5 Å². The minimum atomic E-state index is -0.573. The number of nitrogens with zero attached hydrogens (tertiary/aromatic N) is 5. The van der Waals surface area contributed by atoms with Crippen LogP contribution in [0.1, 0.15) is 11.3 Å². The first-order valence-electron chi connectivity index (χ1n) is 6.09. The maximum absolute atomic E-state index is 11.1. The predicted molar refractivity (Wildman–Crippen MR) is 76.2 cm³/mol. The summed E-state index contributed by atoms with van der Waals surface area (Å²) < 4.78 is 14.6. The van der Waals surface area contributed by atoms with Crippen molar-refractivity contribution in [1.82, 2.24) is 10.3 Å². The number of rotatable bonds is 4. The molecule has 0 radical (unpaired) electrons. The molecule has 23 heavy (non-hydrogen) atoms. The van der Waals surface area contributed by atoms with Gasteiger partial charge in [0.15, 0.2) is 28.8 Å². The third kappa shape index (κ3) is 2.72. The Morgan fingerprint density at radius 2 is 2.09 bits per heavy atom. The van der Waals surface area contributed by atoms with Crippen molar-refractivity contribution in [3.63, 3.8) is 0 Å². The van der Waals surface area contributed by atoms with E-state index >= 15 is 0 Å². The molecule has 1 aromatic carbocycles. The molecule has 2 heterocycles. The Balaban J connectivity index is 1.90. The molecule has 0 aliphatic carbocycles. The molecule has 1 aromatic heterocycles. The van der Waals surface area contributed by atoms with E-state index in [1.54, 1.807) is 0 Å². The maximum atomic E-state index is 11.1. The second-order valence-electron chi connectivity index (χ2n) is 4.25. The summed E-state index contributed by atoms with van der Waals surface area (Å²) >= 11 is 0. The van der Waals surface area contributed by atoms with Gasteiger partial charge in [0.05, 0.1) is 22.8 Å². The number of benzene rings is 1. The van der Waals surface area contributed by atoms with Crippen molar-refractivity contribution in [2.24, 2.45) is 15.9 Å². The lowest BCUT2D eigenvalue weighted by Crippen LogP contribution is -2.15. The van der Waals surface area contributed by atoms with Gasteiger partial charge in [-0.15, -0.1) is 5.10 Å². The lowest BCUT2D eigenvalue weighted by atomic mass is 10.1. The molecular formula is C11H9N7O5. The fraction of sp³-hybridized carbons (Fsp3) is 0.0909. The molecule has 12 nitrogen and oxygen atoms in total. The molecule has 0 atom stereocenters. The van der Waals surface area contributed by atoms with E-state index in [-0.39, 0.29) is 35.4 Å². The number of hydrogen-bond donors (Lipinski definition) is 2. The Hall–Kier alpha value is -3.70. The highest BCUT2D eigenvalue weighted by Gasteiger charge is 2.22. The van der Waals surface area contributed by atoms with Crippen LogP contribution in [0.5, 0.6) is 11.5 Å². The van der Waals surface area contributed by atoms with E-state index in [2.05, 4.69) is 25.1 Å².